The highest BCUT2D eigenvalue weighted by molar-refractivity contribution is 5.43. The SMILES string of the molecule is CC(N)Cc1ccc(N2CCCc3ccccc3C2)nc1. The zero-order valence-electron chi connectivity index (χ0n) is 12.6. The summed E-state index contributed by atoms with van der Waals surface area (Å²) >= 11 is 0. The summed E-state index contributed by atoms with van der Waals surface area (Å²) in [6, 6.07) is 13.2. The van der Waals surface area contributed by atoms with Gasteiger partial charge < -0.3 is 10.6 Å². The summed E-state index contributed by atoms with van der Waals surface area (Å²) in [5.74, 6) is 1.07. The molecule has 3 heteroatoms. The molecular weight excluding hydrogens is 258 g/mol. The van der Waals surface area contributed by atoms with Crippen LogP contribution < -0.4 is 10.6 Å². The molecule has 0 fully saturated rings. The number of benzene rings is 1. The molecule has 1 unspecified atom stereocenters. The van der Waals surface area contributed by atoms with E-state index >= 15 is 0 Å². The third-order valence-corrected chi connectivity index (χ3v) is 4.04. The van der Waals surface area contributed by atoms with Crippen LogP contribution in [0, 0.1) is 0 Å². The molecule has 0 bridgehead atoms. The van der Waals surface area contributed by atoms with E-state index in [1.165, 1.54) is 23.1 Å². The van der Waals surface area contributed by atoms with Crippen LogP contribution in [0.3, 0.4) is 0 Å². The molecule has 1 atom stereocenters. The Bertz CT molecular complexity index is 590. The number of nitrogens with two attached hydrogens (primary N) is 1. The summed E-state index contributed by atoms with van der Waals surface area (Å²) in [5, 5.41) is 0. The standard InChI is InChI=1S/C18H23N3/c1-14(19)11-15-8-9-18(20-12-15)21-10-4-7-16-5-2-3-6-17(16)13-21/h2-3,5-6,8-9,12,14H,4,7,10-11,13,19H2,1H3. The molecule has 0 saturated heterocycles. The van der Waals surface area contributed by atoms with E-state index in [0.29, 0.717) is 0 Å². The van der Waals surface area contributed by atoms with Crippen LogP contribution in [0.4, 0.5) is 5.82 Å². The Hall–Kier alpha value is -1.87. The quantitative estimate of drug-likeness (QED) is 0.940. The largest absolute Gasteiger partial charge is 0.352 e. The summed E-state index contributed by atoms with van der Waals surface area (Å²) in [4.78, 5) is 7.02. The van der Waals surface area contributed by atoms with E-state index in [2.05, 4.69) is 46.3 Å². The van der Waals surface area contributed by atoms with Crippen molar-refractivity contribution in [1.82, 2.24) is 4.98 Å². The Kier molecular flexibility index (Phi) is 4.20. The van der Waals surface area contributed by atoms with Crippen LogP contribution in [0.1, 0.15) is 30.0 Å². The molecule has 2 heterocycles. The maximum absolute atomic E-state index is 5.84. The molecule has 0 aliphatic carbocycles. The third-order valence-electron chi connectivity index (χ3n) is 4.04. The minimum atomic E-state index is 0.183. The highest BCUT2D eigenvalue weighted by atomic mass is 15.2. The van der Waals surface area contributed by atoms with Crippen molar-refractivity contribution in [3.05, 3.63) is 59.3 Å². The predicted octanol–water partition coefficient (Wildman–Crippen LogP) is 2.92. The van der Waals surface area contributed by atoms with E-state index in [1.807, 2.05) is 13.1 Å². The second-order valence-corrected chi connectivity index (χ2v) is 6.00. The number of pyridine rings is 1. The van der Waals surface area contributed by atoms with Gasteiger partial charge in [0.25, 0.3) is 0 Å². The summed E-state index contributed by atoms with van der Waals surface area (Å²) in [7, 11) is 0. The number of fused-ring (bicyclic) bond motifs is 1. The number of nitrogens with zero attached hydrogens (tertiary/aromatic N) is 2. The van der Waals surface area contributed by atoms with E-state index in [0.717, 1.165) is 31.7 Å². The van der Waals surface area contributed by atoms with Gasteiger partial charge in [-0.2, -0.15) is 0 Å². The average molecular weight is 281 g/mol. The van der Waals surface area contributed by atoms with Crippen molar-refractivity contribution in [2.24, 2.45) is 5.73 Å². The first-order valence-corrected chi connectivity index (χ1v) is 7.74. The van der Waals surface area contributed by atoms with Crippen molar-refractivity contribution in [3.8, 4) is 0 Å². The van der Waals surface area contributed by atoms with E-state index in [1.54, 1.807) is 0 Å². The van der Waals surface area contributed by atoms with E-state index in [9.17, 15) is 0 Å². The van der Waals surface area contributed by atoms with Crippen LogP contribution in [0.15, 0.2) is 42.6 Å². The van der Waals surface area contributed by atoms with Crippen LogP contribution >= 0.6 is 0 Å². The smallest absolute Gasteiger partial charge is 0.128 e. The van der Waals surface area contributed by atoms with Gasteiger partial charge in [0.1, 0.15) is 5.82 Å². The normalized spacial score (nSPS) is 16.2. The third kappa shape index (κ3) is 3.42. The molecule has 2 aromatic rings. The lowest BCUT2D eigenvalue weighted by Crippen LogP contribution is -2.23. The Morgan fingerprint density at radius 2 is 2.00 bits per heavy atom. The fourth-order valence-corrected chi connectivity index (χ4v) is 2.99. The van der Waals surface area contributed by atoms with Crippen LogP contribution in [-0.4, -0.2) is 17.6 Å². The molecule has 2 N–H and O–H groups in total. The zero-order valence-corrected chi connectivity index (χ0v) is 12.6. The maximum Gasteiger partial charge on any atom is 0.128 e. The molecule has 3 rings (SSSR count). The number of hydrogen-bond donors (Lipinski definition) is 1. The van der Waals surface area contributed by atoms with Gasteiger partial charge >= 0.3 is 0 Å². The predicted molar refractivity (Wildman–Crippen MR) is 87.4 cm³/mol. The van der Waals surface area contributed by atoms with Gasteiger partial charge in [-0.05, 0) is 48.9 Å². The lowest BCUT2D eigenvalue weighted by atomic mass is 10.0. The van der Waals surface area contributed by atoms with Crippen molar-refractivity contribution in [3.63, 3.8) is 0 Å². The van der Waals surface area contributed by atoms with Gasteiger partial charge in [-0.15, -0.1) is 0 Å². The van der Waals surface area contributed by atoms with Gasteiger partial charge in [0.2, 0.25) is 0 Å². The summed E-state index contributed by atoms with van der Waals surface area (Å²) in [6.45, 7) is 4.05. The first-order chi connectivity index (χ1) is 10.2. The second kappa shape index (κ2) is 6.27. The first kappa shape index (κ1) is 14.1. The minimum absolute atomic E-state index is 0.183. The number of aryl methyl sites for hydroxylation is 1. The van der Waals surface area contributed by atoms with Gasteiger partial charge in [0, 0.05) is 25.3 Å². The van der Waals surface area contributed by atoms with E-state index < -0.39 is 0 Å². The molecule has 21 heavy (non-hydrogen) atoms. The fourth-order valence-electron chi connectivity index (χ4n) is 2.99. The van der Waals surface area contributed by atoms with Crippen molar-refractivity contribution in [2.75, 3.05) is 11.4 Å². The molecule has 1 aliphatic heterocycles. The summed E-state index contributed by atoms with van der Waals surface area (Å²) in [6.07, 6.45) is 5.20. The topological polar surface area (TPSA) is 42.1 Å². The fraction of sp³-hybridized carbons (Fsp3) is 0.389. The Labute approximate surface area is 126 Å². The maximum atomic E-state index is 5.84. The number of rotatable bonds is 3. The molecule has 0 spiro atoms. The van der Waals surface area contributed by atoms with Crippen molar-refractivity contribution >= 4 is 5.82 Å². The molecule has 1 aromatic heterocycles. The van der Waals surface area contributed by atoms with Gasteiger partial charge in [-0.1, -0.05) is 30.3 Å². The van der Waals surface area contributed by atoms with Gasteiger partial charge in [-0.25, -0.2) is 4.98 Å². The van der Waals surface area contributed by atoms with Crippen LogP contribution in [0.25, 0.3) is 0 Å². The lowest BCUT2D eigenvalue weighted by molar-refractivity contribution is 0.730. The van der Waals surface area contributed by atoms with Crippen LogP contribution in [-0.2, 0) is 19.4 Å². The van der Waals surface area contributed by atoms with E-state index in [-0.39, 0.29) is 6.04 Å². The Morgan fingerprint density at radius 1 is 1.19 bits per heavy atom. The monoisotopic (exact) mass is 281 g/mol. The molecule has 3 nitrogen and oxygen atoms in total. The highest BCUT2D eigenvalue weighted by Gasteiger charge is 2.15. The molecule has 0 radical (unpaired) electrons. The lowest BCUT2D eigenvalue weighted by Gasteiger charge is -2.22. The van der Waals surface area contributed by atoms with Crippen molar-refractivity contribution in [1.29, 1.82) is 0 Å². The van der Waals surface area contributed by atoms with Gasteiger partial charge in [0.05, 0.1) is 0 Å². The number of anilines is 1. The minimum Gasteiger partial charge on any atom is -0.352 e. The van der Waals surface area contributed by atoms with Crippen LogP contribution in [0.5, 0.6) is 0 Å². The van der Waals surface area contributed by atoms with Gasteiger partial charge in [-0.3, -0.25) is 0 Å². The summed E-state index contributed by atoms with van der Waals surface area (Å²) in [5.41, 5.74) is 9.96. The zero-order chi connectivity index (χ0) is 14.7. The second-order valence-electron chi connectivity index (χ2n) is 6.00. The molecular formula is C18H23N3. The van der Waals surface area contributed by atoms with Crippen LogP contribution in [0.2, 0.25) is 0 Å². The molecule has 0 amide bonds. The highest BCUT2D eigenvalue weighted by Crippen LogP contribution is 2.22. The summed E-state index contributed by atoms with van der Waals surface area (Å²) < 4.78 is 0. The molecule has 1 aromatic carbocycles. The Morgan fingerprint density at radius 3 is 2.71 bits per heavy atom. The first-order valence-electron chi connectivity index (χ1n) is 7.74. The number of hydrogen-bond acceptors (Lipinski definition) is 3. The van der Waals surface area contributed by atoms with Crippen molar-refractivity contribution in [2.45, 2.75) is 38.8 Å². The number of aromatic nitrogens is 1. The van der Waals surface area contributed by atoms with E-state index in [4.69, 9.17) is 5.73 Å². The van der Waals surface area contributed by atoms with Crippen molar-refractivity contribution < 1.29 is 0 Å². The average Bonchev–Trinajstić information content (AvgIpc) is 2.69. The Balaban J connectivity index is 1.77. The van der Waals surface area contributed by atoms with Gasteiger partial charge in [0.15, 0.2) is 0 Å². The molecule has 110 valence electrons. The molecule has 1 aliphatic rings. The molecule has 0 saturated carbocycles.